The average molecular weight is 1270 g/mol. The molecular weight excluding hydrogens is 1140 g/mol. The first-order chi connectivity index (χ1) is 43.3. The van der Waals surface area contributed by atoms with Gasteiger partial charge in [-0.15, -0.1) is 0 Å². The summed E-state index contributed by atoms with van der Waals surface area (Å²) in [6, 6.07) is -0.987. The van der Waals surface area contributed by atoms with Gasteiger partial charge >= 0.3 is 0 Å². The van der Waals surface area contributed by atoms with Crippen LogP contribution in [-0.4, -0.2) is 193 Å². The van der Waals surface area contributed by atoms with Crippen molar-refractivity contribution in [2.75, 3.05) is 26.4 Å². The van der Waals surface area contributed by atoms with E-state index in [0.29, 0.717) is 12.8 Å². The first-order valence-corrected chi connectivity index (χ1v) is 36.1. The molecule has 0 bridgehead atoms. The van der Waals surface area contributed by atoms with Gasteiger partial charge in [-0.2, -0.15) is 0 Å². The molecule has 3 fully saturated rings. The summed E-state index contributed by atoms with van der Waals surface area (Å²) in [6.07, 6.45) is 33.0. The fourth-order valence-electron chi connectivity index (χ4n) is 12.4. The summed E-state index contributed by atoms with van der Waals surface area (Å²) in [6.45, 7) is 1.76. The number of carbonyl (C=O) groups excluding carboxylic acids is 1. The summed E-state index contributed by atoms with van der Waals surface area (Å²) < 4.78 is 34.4. The van der Waals surface area contributed by atoms with Crippen molar-refractivity contribution in [1.82, 2.24) is 5.32 Å². The molecule has 524 valence electrons. The second-order valence-electron chi connectivity index (χ2n) is 26.1. The van der Waals surface area contributed by atoms with Gasteiger partial charge in [0.15, 0.2) is 18.9 Å². The number of unbranched alkanes of at least 4 members (excludes halogenated alkanes) is 38. The molecule has 17 unspecified atom stereocenters. The smallest absolute Gasteiger partial charge is 0.220 e. The number of rotatable bonds is 56. The van der Waals surface area contributed by atoms with Crippen LogP contribution in [0.1, 0.15) is 284 Å². The van der Waals surface area contributed by atoms with Gasteiger partial charge in [0.05, 0.1) is 38.6 Å². The van der Waals surface area contributed by atoms with E-state index in [1.807, 2.05) is 6.08 Å². The van der Waals surface area contributed by atoms with Crippen LogP contribution in [0.15, 0.2) is 24.3 Å². The molecule has 0 radical (unpaired) electrons. The molecule has 12 N–H and O–H groups in total. The maximum Gasteiger partial charge on any atom is 0.220 e. The van der Waals surface area contributed by atoms with E-state index in [1.54, 1.807) is 6.08 Å². The molecule has 3 heterocycles. The van der Waals surface area contributed by atoms with Crippen LogP contribution in [0.4, 0.5) is 0 Å². The normalized spacial score (nSPS) is 28.3. The van der Waals surface area contributed by atoms with Gasteiger partial charge in [0.1, 0.15) is 73.2 Å². The number of nitrogens with one attached hydrogen (secondary N) is 1. The minimum atomic E-state index is -1.98. The standard InChI is InChI=1S/C70H131NO18/c1-3-5-7-9-11-13-15-17-19-21-23-25-26-28-30-32-34-36-38-40-42-44-46-48-58(76)71-53(54(75)47-45-43-41-39-37-35-33-31-29-27-24-22-20-18-16-14-12-10-8-6-4-2)52-84-68-64(82)61(79)66(56(50-73)86-68)89-70-65(83)62(80)67(57(51-74)87-70)88-69-63(81)60(78)59(77)55(49-72)85-69/h37,39,45,47,53-57,59-70,72-75,77-83H,3-36,38,40-44,46,48-52H2,1-2H3,(H,71,76)/b39-37+,47-45+. The summed E-state index contributed by atoms with van der Waals surface area (Å²) in [5, 5.41) is 121. The Balaban J connectivity index is 1.44. The third-order valence-electron chi connectivity index (χ3n) is 18.3. The zero-order valence-electron chi connectivity index (χ0n) is 55.4. The monoisotopic (exact) mass is 1270 g/mol. The van der Waals surface area contributed by atoms with E-state index in [1.165, 1.54) is 212 Å². The van der Waals surface area contributed by atoms with Gasteiger partial charge in [-0.25, -0.2) is 0 Å². The van der Waals surface area contributed by atoms with Crippen LogP contribution in [-0.2, 0) is 33.2 Å². The molecule has 19 nitrogen and oxygen atoms in total. The number of hydrogen-bond donors (Lipinski definition) is 12. The Morgan fingerprint density at radius 3 is 1.12 bits per heavy atom. The lowest BCUT2D eigenvalue weighted by Gasteiger charge is -2.48. The predicted molar refractivity (Wildman–Crippen MR) is 346 cm³/mol. The molecule has 0 aliphatic carbocycles. The van der Waals surface area contributed by atoms with Crippen molar-refractivity contribution in [2.24, 2.45) is 0 Å². The third-order valence-corrected chi connectivity index (χ3v) is 18.3. The van der Waals surface area contributed by atoms with Gasteiger partial charge in [0, 0.05) is 6.42 Å². The molecule has 3 saturated heterocycles. The Labute approximate surface area is 537 Å². The van der Waals surface area contributed by atoms with Gasteiger partial charge < -0.3 is 89.9 Å². The molecule has 0 aromatic heterocycles. The van der Waals surface area contributed by atoms with Crippen LogP contribution in [0, 0.1) is 0 Å². The first-order valence-electron chi connectivity index (χ1n) is 36.1. The molecule has 0 spiro atoms. The van der Waals surface area contributed by atoms with Crippen molar-refractivity contribution in [2.45, 2.75) is 388 Å². The molecule has 3 aliphatic heterocycles. The zero-order chi connectivity index (χ0) is 64.7. The Morgan fingerprint density at radius 2 is 0.719 bits per heavy atom. The molecule has 89 heavy (non-hydrogen) atoms. The molecule has 17 atom stereocenters. The van der Waals surface area contributed by atoms with E-state index in [-0.39, 0.29) is 18.9 Å². The Kier molecular flexibility index (Phi) is 48.1. The maximum atomic E-state index is 13.4. The maximum absolute atomic E-state index is 13.4. The van der Waals surface area contributed by atoms with Crippen molar-refractivity contribution >= 4 is 5.91 Å². The highest BCUT2D eigenvalue weighted by Crippen LogP contribution is 2.33. The van der Waals surface area contributed by atoms with E-state index in [2.05, 4.69) is 31.3 Å². The van der Waals surface area contributed by atoms with E-state index in [4.69, 9.17) is 28.4 Å². The Morgan fingerprint density at radius 1 is 0.393 bits per heavy atom. The summed E-state index contributed by atoms with van der Waals surface area (Å²) >= 11 is 0. The fraction of sp³-hybridized carbons (Fsp3) is 0.929. The molecule has 0 aromatic carbocycles. The van der Waals surface area contributed by atoms with Crippen LogP contribution < -0.4 is 5.32 Å². The number of hydrogen-bond acceptors (Lipinski definition) is 18. The molecule has 0 aromatic rings. The molecule has 0 saturated carbocycles. The highest BCUT2D eigenvalue weighted by atomic mass is 16.8. The molecule has 3 aliphatic rings. The molecular formula is C70H131NO18. The number of aliphatic hydroxyl groups excluding tert-OH is 11. The van der Waals surface area contributed by atoms with Crippen LogP contribution in [0.25, 0.3) is 0 Å². The van der Waals surface area contributed by atoms with Gasteiger partial charge in [-0.05, 0) is 32.1 Å². The van der Waals surface area contributed by atoms with E-state index in [0.717, 1.165) is 38.5 Å². The zero-order valence-corrected chi connectivity index (χ0v) is 55.4. The highest BCUT2D eigenvalue weighted by molar-refractivity contribution is 5.76. The highest BCUT2D eigenvalue weighted by Gasteiger charge is 2.53. The lowest BCUT2D eigenvalue weighted by molar-refractivity contribution is -0.379. The van der Waals surface area contributed by atoms with Crippen LogP contribution >= 0.6 is 0 Å². The van der Waals surface area contributed by atoms with Crippen LogP contribution in [0.3, 0.4) is 0 Å². The van der Waals surface area contributed by atoms with Crippen LogP contribution in [0.2, 0.25) is 0 Å². The van der Waals surface area contributed by atoms with Crippen molar-refractivity contribution < 1.29 is 89.4 Å². The Hall–Kier alpha value is -1.73. The summed E-state index contributed by atoms with van der Waals surface area (Å²) in [5.74, 6) is -0.279. The lowest BCUT2D eigenvalue weighted by atomic mass is 9.96. The quantitative estimate of drug-likeness (QED) is 0.0199. The molecule has 3 rings (SSSR count). The van der Waals surface area contributed by atoms with E-state index < -0.39 is 124 Å². The number of allylic oxidation sites excluding steroid dienone is 3. The summed E-state index contributed by atoms with van der Waals surface area (Å²) in [4.78, 5) is 13.4. The van der Waals surface area contributed by atoms with Crippen molar-refractivity contribution in [3.63, 3.8) is 0 Å². The van der Waals surface area contributed by atoms with E-state index >= 15 is 0 Å². The third kappa shape index (κ3) is 34.5. The topological polar surface area (TPSA) is 307 Å². The summed E-state index contributed by atoms with van der Waals surface area (Å²) in [5.41, 5.74) is 0. The van der Waals surface area contributed by atoms with Gasteiger partial charge in [-0.1, -0.05) is 269 Å². The minimum absolute atomic E-state index is 0.241. The first kappa shape index (κ1) is 81.5. The lowest BCUT2D eigenvalue weighted by Crippen LogP contribution is -2.66. The number of carbonyl (C=O) groups is 1. The van der Waals surface area contributed by atoms with Gasteiger partial charge in [0.2, 0.25) is 5.91 Å². The number of aliphatic hydroxyl groups is 11. The second-order valence-corrected chi connectivity index (χ2v) is 26.1. The van der Waals surface area contributed by atoms with Crippen molar-refractivity contribution in [3.8, 4) is 0 Å². The number of ether oxygens (including phenoxy) is 6. The molecule has 19 heteroatoms. The second kappa shape index (κ2) is 52.5. The minimum Gasteiger partial charge on any atom is -0.394 e. The summed E-state index contributed by atoms with van der Waals surface area (Å²) in [7, 11) is 0. The number of amides is 1. The fourth-order valence-corrected chi connectivity index (χ4v) is 12.4. The molecule has 1 amide bonds. The van der Waals surface area contributed by atoms with Gasteiger partial charge in [0.25, 0.3) is 0 Å². The van der Waals surface area contributed by atoms with Gasteiger partial charge in [-0.3, -0.25) is 4.79 Å². The van der Waals surface area contributed by atoms with Crippen LogP contribution in [0.5, 0.6) is 0 Å². The van der Waals surface area contributed by atoms with Crippen molar-refractivity contribution in [1.29, 1.82) is 0 Å². The van der Waals surface area contributed by atoms with Crippen molar-refractivity contribution in [3.05, 3.63) is 24.3 Å². The Bertz CT molecular complexity index is 1710. The average Bonchev–Trinajstić information content (AvgIpc) is 1.92. The predicted octanol–water partition coefficient (Wildman–Crippen LogP) is 9.83. The largest absolute Gasteiger partial charge is 0.394 e. The van der Waals surface area contributed by atoms with E-state index in [9.17, 15) is 61.0 Å². The SMILES string of the molecule is CCCCCCCCCCCCCCCCC/C=C/CC/C=C/C(O)C(COC1OC(CO)C(OC2OC(CO)C(OC3OC(CO)C(O)C(O)C3O)C(O)C2O)C(O)C1O)NC(=O)CCCCCCCCCCCCCCCCCCCCCCCCC.